The molecule has 4 nitrogen and oxygen atoms in total. The minimum absolute atomic E-state index is 0.0710. The molecule has 0 fully saturated rings. The van der Waals surface area contributed by atoms with E-state index in [1.54, 1.807) is 7.11 Å². The summed E-state index contributed by atoms with van der Waals surface area (Å²) < 4.78 is 5.28. The number of rotatable bonds is 5. The third-order valence-corrected chi connectivity index (χ3v) is 2.94. The molecule has 0 spiro atoms. The number of benzene rings is 1. The summed E-state index contributed by atoms with van der Waals surface area (Å²) in [5.41, 5.74) is 0.418. The van der Waals surface area contributed by atoms with Gasteiger partial charge >= 0.3 is 5.97 Å². The van der Waals surface area contributed by atoms with Crippen LogP contribution in [0.2, 0.25) is 0 Å². The van der Waals surface area contributed by atoms with Gasteiger partial charge in [-0.1, -0.05) is 12.1 Å². The Balaban J connectivity index is 3.02. The van der Waals surface area contributed by atoms with Gasteiger partial charge in [0.2, 0.25) is 0 Å². The van der Waals surface area contributed by atoms with Crippen molar-refractivity contribution in [1.29, 1.82) is 0 Å². The molecule has 1 aromatic carbocycles. The second-order valence-electron chi connectivity index (χ2n) is 4.61. The highest BCUT2D eigenvalue weighted by Gasteiger charge is 2.28. The van der Waals surface area contributed by atoms with Gasteiger partial charge in [0.05, 0.1) is 19.2 Å². The number of carbonyl (C=O) groups is 1. The van der Waals surface area contributed by atoms with E-state index in [0.29, 0.717) is 0 Å². The summed E-state index contributed by atoms with van der Waals surface area (Å²) in [6.45, 7) is 3.79. The predicted octanol–water partition coefficient (Wildman–Crippen LogP) is 2.38. The first-order valence-corrected chi connectivity index (χ1v) is 5.47. The molecular weight excluding hydrogens is 218 g/mol. The summed E-state index contributed by atoms with van der Waals surface area (Å²) in [4.78, 5) is 12.8. The summed E-state index contributed by atoms with van der Waals surface area (Å²) in [5, 5.41) is 8.91. The molecule has 0 atom stereocenters. The first-order valence-electron chi connectivity index (χ1n) is 5.47. The highest BCUT2D eigenvalue weighted by molar-refractivity contribution is 5.70. The maximum absolute atomic E-state index is 10.8. The van der Waals surface area contributed by atoms with E-state index in [9.17, 15) is 4.79 Å². The summed E-state index contributed by atoms with van der Waals surface area (Å²) in [7, 11) is 3.48. The molecule has 0 heterocycles. The first-order chi connectivity index (χ1) is 7.88. The molecule has 0 amide bonds. The van der Waals surface area contributed by atoms with Crippen LogP contribution < -0.4 is 9.64 Å². The molecule has 0 bridgehead atoms. The molecule has 0 aromatic heterocycles. The number of ether oxygens (including phenoxy) is 1. The Kier molecular flexibility index (Phi) is 3.99. The standard InChI is InChI=1S/C13H19NO3/c1-13(2,9-12(15)16)14(3)10-7-5-6-8-11(10)17-4/h5-8H,9H2,1-4H3,(H,15,16). The van der Waals surface area contributed by atoms with Gasteiger partial charge in [-0.05, 0) is 26.0 Å². The van der Waals surface area contributed by atoms with Gasteiger partial charge in [0, 0.05) is 12.6 Å². The number of carboxylic acids is 1. The third-order valence-electron chi connectivity index (χ3n) is 2.94. The van der Waals surface area contributed by atoms with Crippen LogP contribution in [0.5, 0.6) is 5.75 Å². The lowest BCUT2D eigenvalue weighted by Crippen LogP contribution is -2.43. The van der Waals surface area contributed by atoms with Crippen molar-refractivity contribution in [2.75, 3.05) is 19.1 Å². The Morgan fingerprint density at radius 1 is 1.41 bits per heavy atom. The van der Waals surface area contributed by atoms with Crippen LogP contribution >= 0.6 is 0 Å². The van der Waals surface area contributed by atoms with E-state index in [0.717, 1.165) is 11.4 Å². The quantitative estimate of drug-likeness (QED) is 0.854. The smallest absolute Gasteiger partial charge is 0.305 e. The molecule has 0 saturated heterocycles. The largest absolute Gasteiger partial charge is 0.495 e. The number of hydrogen-bond donors (Lipinski definition) is 1. The minimum Gasteiger partial charge on any atom is -0.495 e. The highest BCUT2D eigenvalue weighted by Crippen LogP contribution is 2.32. The monoisotopic (exact) mass is 237 g/mol. The fraction of sp³-hybridized carbons (Fsp3) is 0.462. The van der Waals surface area contributed by atoms with E-state index in [4.69, 9.17) is 9.84 Å². The topological polar surface area (TPSA) is 49.8 Å². The molecule has 0 saturated carbocycles. The zero-order valence-corrected chi connectivity index (χ0v) is 10.7. The number of nitrogens with zero attached hydrogens (tertiary/aromatic N) is 1. The van der Waals surface area contributed by atoms with Crippen LogP contribution in [0.3, 0.4) is 0 Å². The second kappa shape index (κ2) is 5.08. The second-order valence-corrected chi connectivity index (χ2v) is 4.61. The van der Waals surface area contributed by atoms with Gasteiger partial charge in [0.25, 0.3) is 0 Å². The number of para-hydroxylation sites is 2. The molecule has 94 valence electrons. The van der Waals surface area contributed by atoms with Crippen molar-refractivity contribution < 1.29 is 14.6 Å². The van der Waals surface area contributed by atoms with Crippen LogP contribution in [-0.4, -0.2) is 30.8 Å². The Morgan fingerprint density at radius 2 is 2.00 bits per heavy atom. The maximum Gasteiger partial charge on any atom is 0.305 e. The molecule has 0 aliphatic heterocycles. The molecule has 1 aromatic rings. The summed E-state index contributed by atoms with van der Waals surface area (Å²) in [6.07, 6.45) is 0.0710. The van der Waals surface area contributed by atoms with E-state index in [2.05, 4.69) is 0 Å². The van der Waals surface area contributed by atoms with Crippen molar-refractivity contribution in [2.45, 2.75) is 25.8 Å². The highest BCUT2D eigenvalue weighted by atomic mass is 16.5. The Bertz CT molecular complexity index is 401. The Hall–Kier alpha value is -1.71. The molecular formula is C13H19NO3. The number of aliphatic carboxylic acids is 1. The normalized spacial score (nSPS) is 11.1. The van der Waals surface area contributed by atoms with E-state index >= 15 is 0 Å². The van der Waals surface area contributed by atoms with Crippen LogP contribution in [0.25, 0.3) is 0 Å². The van der Waals surface area contributed by atoms with Crippen LogP contribution in [0.1, 0.15) is 20.3 Å². The first kappa shape index (κ1) is 13.4. The number of anilines is 1. The van der Waals surface area contributed by atoms with Gasteiger partial charge in [-0.15, -0.1) is 0 Å². The maximum atomic E-state index is 10.8. The van der Waals surface area contributed by atoms with Crippen molar-refractivity contribution in [3.63, 3.8) is 0 Å². The van der Waals surface area contributed by atoms with Gasteiger partial charge < -0.3 is 14.7 Å². The van der Waals surface area contributed by atoms with E-state index < -0.39 is 11.5 Å². The SMILES string of the molecule is COc1ccccc1N(C)C(C)(C)CC(=O)O. The van der Waals surface area contributed by atoms with E-state index in [1.807, 2.05) is 50.1 Å². The fourth-order valence-electron chi connectivity index (χ4n) is 1.72. The zero-order chi connectivity index (χ0) is 13.1. The van der Waals surface area contributed by atoms with Gasteiger partial charge in [0.1, 0.15) is 5.75 Å². The van der Waals surface area contributed by atoms with Crippen molar-refractivity contribution in [2.24, 2.45) is 0 Å². The molecule has 1 rings (SSSR count). The Morgan fingerprint density at radius 3 is 2.53 bits per heavy atom. The average molecular weight is 237 g/mol. The average Bonchev–Trinajstić information content (AvgIpc) is 2.26. The predicted molar refractivity (Wildman–Crippen MR) is 67.7 cm³/mol. The van der Waals surface area contributed by atoms with Gasteiger partial charge in [-0.2, -0.15) is 0 Å². The third kappa shape index (κ3) is 3.12. The van der Waals surface area contributed by atoms with Crippen LogP contribution in [0.4, 0.5) is 5.69 Å². The van der Waals surface area contributed by atoms with Gasteiger partial charge in [0.15, 0.2) is 0 Å². The van der Waals surface area contributed by atoms with Crippen molar-refractivity contribution in [3.05, 3.63) is 24.3 Å². The Labute approximate surface area is 102 Å². The molecule has 4 heteroatoms. The van der Waals surface area contributed by atoms with Crippen LogP contribution in [0.15, 0.2) is 24.3 Å². The van der Waals surface area contributed by atoms with Crippen LogP contribution in [-0.2, 0) is 4.79 Å². The summed E-state index contributed by atoms with van der Waals surface area (Å²) in [5.74, 6) is -0.0646. The fourth-order valence-corrected chi connectivity index (χ4v) is 1.72. The van der Waals surface area contributed by atoms with E-state index in [-0.39, 0.29) is 6.42 Å². The lowest BCUT2D eigenvalue weighted by Gasteiger charge is -2.37. The van der Waals surface area contributed by atoms with Crippen molar-refractivity contribution in [1.82, 2.24) is 0 Å². The molecule has 17 heavy (non-hydrogen) atoms. The summed E-state index contributed by atoms with van der Waals surface area (Å²) >= 11 is 0. The van der Waals surface area contributed by atoms with Gasteiger partial charge in [-0.25, -0.2) is 0 Å². The number of hydrogen-bond acceptors (Lipinski definition) is 3. The molecule has 0 radical (unpaired) electrons. The lowest BCUT2D eigenvalue weighted by molar-refractivity contribution is -0.138. The van der Waals surface area contributed by atoms with E-state index in [1.165, 1.54) is 0 Å². The molecule has 0 unspecified atom stereocenters. The van der Waals surface area contributed by atoms with Crippen molar-refractivity contribution >= 4 is 11.7 Å². The lowest BCUT2D eigenvalue weighted by atomic mass is 9.98. The van der Waals surface area contributed by atoms with Gasteiger partial charge in [-0.3, -0.25) is 4.79 Å². The minimum atomic E-state index is -0.809. The summed E-state index contributed by atoms with van der Waals surface area (Å²) in [6, 6.07) is 7.58. The van der Waals surface area contributed by atoms with Crippen LogP contribution in [0, 0.1) is 0 Å². The molecule has 0 aliphatic carbocycles. The van der Waals surface area contributed by atoms with Crippen molar-refractivity contribution in [3.8, 4) is 5.75 Å². The molecule has 1 N–H and O–H groups in total. The number of methoxy groups -OCH3 is 1. The molecule has 0 aliphatic rings. The zero-order valence-electron chi connectivity index (χ0n) is 10.7. The number of carboxylic acid groups (broad SMARTS) is 1.